The Bertz CT molecular complexity index is 140. The van der Waals surface area contributed by atoms with Crippen LogP contribution in [0.15, 0.2) is 0 Å². The highest BCUT2D eigenvalue weighted by atomic mass is 16.3. The molecule has 4 N–H and O–H groups in total. The quantitative estimate of drug-likeness (QED) is 0.405. The minimum absolute atomic E-state index is 0.137. The second kappa shape index (κ2) is 7.17. The van der Waals surface area contributed by atoms with Gasteiger partial charge in [-0.05, 0) is 12.3 Å². The summed E-state index contributed by atoms with van der Waals surface area (Å²) in [5.41, 5.74) is 0.137. The van der Waals surface area contributed by atoms with Crippen molar-refractivity contribution in [2.24, 2.45) is 5.41 Å². The first-order valence-electron chi connectivity index (χ1n) is 5.17. The molecule has 0 aliphatic rings. The maximum absolute atomic E-state index is 8.83. The Labute approximate surface area is 86.7 Å². The average Bonchev–Trinajstić information content (AvgIpc) is 2.14. The van der Waals surface area contributed by atoms with Crippen LogP contribution in [0.25, 0.3) is 0 Å². The van der Waals surface area contributed by atoms with Crippen LogP contribution in [0.3, 0.4) is 0 Å². The molecule has 0 saturated carbocycles. The monoisotopic (exact) mass is 204 g/mol. The molecule has 0 heterocycles. The molecular weight excluding hydrogens is 180 g/mol. The van der Waals surface area contributed by atoms with E-state index in [9.17, 15) is 0 Å². The summed E-state index contributed by atoms with van der Waals surface area (Å²) in [6.07, 6.45) is 0. The average molecular weight is 204 g/mol. The molecule has 4 nitrogen and oxygen atoms in total. The lowest BCUT2D eigenvalue weighted by atomic mass is 9.93. The van der Waals surface area contributed by atoms with Crippen LogP contribution in [-0.2, 0) is 0 Å². The van der Waals surface area contributed by atoms with Gasteiger partial charge in [-0.3, -0.25) is 0 Å². The fourth-order valence-electron chi connectivity index (χ4n) is 1.08. The van der Waals surface area contributed by atoms with Gasteiger partial charge in [0.1, 0.15) is 0 Å². The van der Waals surface area contributed by atoms with E-state index >= 15 is 0 Å². The fourth-order valence-corrected chi connectivity index (χ4v) is 1.08. The van der Waals surface area contributed by atoms with Gasteiger partial charge in [-0.1, -0.05) is 13.8 Å². The molecule has 0 spiro atoms. The Kier molecular flexibility index (Phi) is 7.09. The van der Waals surface area contributed by atoms with Gasteiger partial charge < -0.3 is 20.8 Å². The summed E-state index contributed by atoms with van der Waals surface area (Å²) in [6, 6.07) is 0.145. The van der Waals surface area contributed by atoms with E-state index in [1.807, 2.05) is 6.92 Å². The van der Waals surface area contributed by atoms with Gasteiger partial charge in [0.25, 0.3) is 0 Å². The Hall–Kier alpha value is -0.160. The van der Waals surface area contributed by atoms with Crippen LogP contribution >= 0.6 is 0 Å². The van der Waals surface area contributed by atoms with Gasteiger partial charge in [-0.25, -0.2) is 0 Å². The van der Waals surface area contributed by atoms with E-state index in [1.54, 1.807) is 0 Å². The van der Waals surface area contributed by atoms with Gasteiger partial charge in [-0.2, -0.15) is 0 Å². The highest BCUT2D eigenvalue weighted by molar-refractivity contribution is 4.75. The van der Waals surface area contributed by atoms with Gasteiger partial charge in [-0.15, -0.1) is 0 Å². The van der Waals surface area contributed by atoms with Crippen LogP contribution in [0.2, 0.25) is 0 Å². The summed E-state index contributed by atoms with van der Waals surface area (Å²) in [5, 5.41) is 23.9. The van der Waals surface area contributed by atoms with Crippen molar-refractivity contribution in [1.29, 1.82) is 0 Å². The van der Waals surface area contributed by atoms with E-state index in [-0.39, 0.29) is 24.7 Å². The maximum Gasteiger partial charge on any atom is 0.0581 e. The molecule has 0 aromatic carbocycles. The molecule has 0 unspecified atom stereocenters. The van der Waals surface area contributed by atoms with Crippen molar-refractivity contribution in [3.63, 3.8) is 0 Å². The topological polar surface area (TPSA) is 64.5 Å². The standard InChI is InChI=1S/C10H24N2O2/c1-9(6-14)12-8-10(2,3)7-11-4-5-13/h9,11-14H,4-8H2,1-3H3/t9-/m0/s1. The number of hydrogen-bond acceptors (Lipinski definition) is 4. The second-order valence-corrected chi connectivity index (χ2v) is 4.53. The van der Waals surface area contributed by atoms with Crippen molar-refractivity contribution in [1.82, 2.24) is 10.6 Å². The van der Waals surface area contributed by atoms with Gasteiger partial charge in [0.05, 0.1) is 13.2 Å². The third kappa shape index (κ3) is 7.26. The zero-order chi connectivity index (χ0) is 11.0. The van der Waals surface area contributed by atoms with Crippen LogP contribution in [0.5, 0.6) is 0 Å². The molecule has 0 aromatic heterocycles. The number of aliphatic hydroxyl groups is 2. The molecule has 0 radical (unpaired) electrons. The molecule has 4 heteroatoms. The fraction of sp³-hybridized carbons (Fsp3) is 1.00. The van der Waals surface area contributed by atoms with Crippen molar-refractivity contribution in [3.05, 3.63) is 0 Å². The molecule has 0 aliphatic carbocycles. The van der Waals surface area contributed by atoms with Gasteiger partial charge >= 0.3 is 0 Å². The highest BCUT2D eigenvalue weighted by Gasteiger charge is 2.17. The lowest BCUT2D eigenvalue weighted by molar-refractivity contribution is 0.225. The lowest BCUT2D eigenvalue weighted by Gasteiger charge is -2.27. The van der Waals surface area contributed by atoms with Crippen molar-refractivity contribution in [2.75, 3.05) is 32.8 Å². The SMILES string of the molecule is C[C@@H](CO)NCC(C)(C)CNCCO. The Balaban J connectivity index is 3.60. The Morgan fingerprint density at radius 3 is 2.36 bits per heavy atom. The van der Waals surface area contributed by atoms with Crippen LogP contribution in [0, 0.1) is 5.41 Å². The van der Waals surface area contributed by atoms with Gasteiger partial charge in [0, 0.05) is 25.7 Å². The minimum atomic E-state index is 0.137. The summed E-state index contributed by atoms with van der Waals surface area (Å²) in [5.74, 6) is 0. The van der Waals surface area contributed by atoms with E-state index in [0.29, 0.717) is 6.54 Å². The highest BCUT2D eigenvalue weighted by Crippen LogP contribution is 2.11. The zero-order valence-electron chi connectivity index (χ0n) is 9.51. The molecule has 0 aromatic rings. The summed E-state index contributed by atoms with van der Waals surface area (Å²) >= 11 is 0. The van der Waals surface area contributed by atoms with Gasteiger partial charge in [0.2, 0.25) is 0 Å². The Morgan fingerprint density at radius 2 is 1.86 bits per heavy atom. The maximum atomic E-state index is 8.83. The number of hydrogen-bond donors (Lipinski definition) is 4. The third-order valence-corrected chi connectivity index (χ3v) is 2.10. The molecule has 86 valence electrons. The molecule has 1 atom stereocenters. The number of nitrogens with one attached hydrogen (secondary N) is 2. The summed E-state index contributed by atoms with van der Waals surface area (Å²) in [7, 11) is 0. The van der Waals surface area contributed by atoms with Crippen LogP contribution in [-0.4, -0.2) is 49.1 Å². The van der Waals surface area contributed by atoms with Crippen molar-refractivity contribution in [3.8, 4) is 0 Å². The minimum Gasteiger partial charge on any atom is -0.395 e. The first-order chi connectivity index (χ1) is 6.52. The molecule has 0 rings (SSSR count). The largest absolute Gasteiger partial charge is 0.395 e. The van der Waals surface area contributed by atoms with E-state index < -0.39 is 0 Å². The van der Waals surface area contributed by atoms with Crippen LogP contribution < -0.4 is 10.6 Å². The third-order valence-electron chi connectivity index (χ3n) is 2.10. The van der Waals surface area contributed by atoms with Crippen LogP contribution in [0.1, 0.15) is 20.8 Å². The summed E-state index contributed by atoms with van der Waals surface area (Å²) < 4.78 is 0. The molecule has 0 bridgehead atoms. The summed E-state index contributed by atoms with van der Waals surface area (Å²) in [6.45, 7) is 8.95. The predicted octanol–water partition coefficient (Wildman–Crippen LogP) is -0.435. The molecule has 0 aliphatic heterocycles. The predicted molar refractivity (Wildman–Crippen MR) is 58.3 cm³/mol. The normalized spacial score (nSPS) is 14.4. The summed E-state index contributed by atoms with van der Waals surface area (Å²) in [4.78, 5) is 0. The Morgan fingerprint density at radius 1 is 1.21 bits per heavy atom. The number of rotatable bonds is 8. The van der Waals surface area contributed by atoms with Crippen molar-refractivity contribution >= 4 is 0 Å². The molecular formula is C10H24N2O2. The van der Waals surface area contributed by atoms with E-state index in [1.165, 1.54) is 0 Å². The van der Waals surface area contributed by atoms with Crippen molar-refractivity contribution < 1.29 is 10.2 Å². The van der Waals surface area contributed by atoms with Crippen LogP contribution in [0.4, 0.5) is 0 Å². The lowest BCUT2D eigenvalue weighted by Crippen LogP contribution is -2.42. The first kappa shape index (κ1) is 13.8. The molecule has 14 heavy (non-hydrogen) atoms. The molecule has 0 saturated heterocycles. The molecule has 0 amide bonds. The molecule has 0 fully saturated rings. The first-order valence-corrected chi connectivity index (χ1v) is 5.17. The van der Waals surface area contributed by atoms with E-state index in [0.717, 1.165) is 13.1 Å². The number of aliphatic hydroxyl groups excluding tert-OH is 2. The van der Waals surface area contributed by atoms with Crippen molar-refractivity contribution in [2.45, 2.75) is 26.8 Å². The second-order valence-electron chi connectivity index (χ2n) is 4.53. The zero-order valence-corrected chi connectivity index (χ0v) is 9.51. The van der Waals surface area contributed by atoms with E-state index in [4.69, 9.17) is 10.2 Å². The smallest absolute Gasteiger partial charge is 0.0581 e. The van der Waals surface area contributed by atoms with Gasteiger partial charge in [0.15, 0.2) is 0 Å². The van der Waals surface area contributed by atoms with E-state index in [2.05, 4.69) is 24.5 Å².